The third-order valence-corrected chi connectivity index (χ3v) is 5.49. The van der Waals surface area contributed by atoms with Crippen LogP contribution < -0.4 is 5.32 Å². The highest BCUT2D eigenvalue weighted by Crippen LogP contribution is 2.51. The van der Waals surface area contributed by atoms with E-state index >= 15 is 0 Å². The second-order valence-corrected chi connectivity index (χ2v) is 7.47. The molecule has 118 valence electrons. The van der Waals surface area contributed by atoms with Gasteiger partial charge in [-0.15, -0.1) is 0 Å². The Morgan fingerprint density at radius 3 is 2.52 bits per heavy atom. The largest absolute Gasteiger partial charge is 0.388 e. The van der Waals surface area contributed by atoms with Crippen LogP contribution in [0, 0.1) is 5.41 Å². The van der Waals surface area contributed by atoms with E-state index in [4.69, 9.17) is 4.74 Å². The smallest absolute Gasteiger partial charge is 0.0871 e. The van der Waals surface area contributed by atoms with Gasteiger partial charge in [0.2, 0.25) is 0 Å². The summed E-state index contributed by atoms with van der Waals surface area (Å²) in [6.45, 7) is 9.58. The highest BCUT2D eigenvalue weighted by molar-refractivity contribution is 9.10. The predicted octanol–water partition coefficient (Wildman–Crippen LogP) is 3.67. The van der Waals surface area contributed by atoms with Gasteiger partial charge in [-0.1, -0.05) is 41.9 Å². The summed E-state index contributed by atoms with van der Waals surface area (Å²) in [6.07, 6.45) is 0.853. The van der Waals surface area contributed by atoms with Crippen LogP contribution in [0.2, 0.25) is 0 Å². The number of hydrogen-bond acceptors (Lipinski definition) is 3. The van der Waals surface area contributed by atoms with Gasteiger partial charge in [0.15, 0.2) is 0 Å². The Kier molecular flexibility index (Phi) is 5.14. The standard InChI is InChI=1S/C17H26BrNO2/c1-5-21-15-10-17(20,16(15,3)4)11-19-12(2)13-6-8-14(18)9-7-13/h6-9,12,15,19-20H,5,10-11H2,1-4H3/t12-,15+,17+/m0/s1. The minimum absolute atomic E-state index is 0.150. The van der Waals surface area contributed by atoms with Gasteiger partial charge in [-0.3, -0.25) is 0 Å². The minimum atomic E-state index is -0.698. The quantitative estimate of drug-likeness (QED) is 0.817. The fraction of sp³-hybridized carbons (Fsp3) is 0.647. The second-order valence-electron chi connectivity index (χ2n) is 6.56. The lowest BCUT2D eigenvalue weighted by Crippen LogP contribution is -2.68. The lowest BCUT2D eigenvalue weighted by molar-refractivity contribution is -0.238. The SMILES string of the molecule is CCO[C@@H]1C[C@@](O)(CN[C@@H](C)c2ccc(Br)cc2)C1(C)C. The molecule has 0 amide bonds. The molecule has 0 aromatic heterocycles. The van der Waals surface area contributed by atoms with Crippen LogP contribution >= 0.6 is 15.9 Å². The van der Waals surface area contributed by atoms with Crippen LogP contribution in [0.5, 0.6) is 0 Å². The van der Waals surface area contributed by atoms with E-state index in [1.165, 1.54) is 5.56 Å². The summed E-state index contributed by atoms with van der Waals surface area (Å²) in [5.74, 6) is 0. The average molecular weight is 356 g/mol. The third kappa shape index (κ3) is 3.34. The number of aliphatic hydroxyl groups is 1. The van der Waals surface area contributed by atoms with Gasteiger partial charge in [-0.05, 0) is 31.5 Å². The second kappa shape index (κ2) is 6.37. The highest BCUT2D eigenvalue weighted by Gasteiger charge is 2.59. The molecule has 3 atom stereocenters. The molecule has 3 nitrogen and oxygen atoms in total. The molecule has 0 heterocycles. The van der Waals surface area contributed by atoms with Gasteiger partial charge < -0.3 is 15.2 Å². The van der Waals surface area contributed by atoms with Crippen molar-refractivity contribution in [3.8, 4) is 0 Å². The van der Waals surface area contributed by atoms with E-state index < -0.39 is 5.60 Å². The third-order valence-electron chi connectivity index (χ3n) is 4.97. The lowest BCUT2D eigenvalue weighted by Gasteiger charge is -2.58. The minimum Gasteiger partial charge on any atom is -0.388 e. The summed E-state index contributed by atoms with van der Waals surface area (Å²) in [5.41, 5.74) is 0.312. The summed E-state index contributed by atoms with van der Waals surface area (Å²) in [4.78, 5) is 0. The monoisotopic (exact) mass is 355 g/mol. The molecule has 21 heavy (non-hydrogen) atoms. The first kappa shape index (κ1) is 16.9. The van der Waals surface area contributed by atoms with Crippen LogP contribution in [0.1, 0.15) is 45.7 Å². The normalized spacial score (nSPS) is 29.0. The van der Waals surface area contributed by atoms with Crippen molar-refractivity contribution in [3.63, 3.8) is 0 Å². The Hall–Kier alpha value is -0.420. The molecule has 0 spiro atoms. The van der Waals surface area contributed by atoms with Gasteiger partial charge in [0, 0.05) is 35.5 Å². The first-order chi connectivity index (χ1) is 9.80. The van der Waals surface area contributed by atoms with E-state index in [-0.39, 0.29) is 17.6 Å². The summed E-state index contributed by atoms with van der Waals surface area (Å²) in [7, 11) is 0. The Bertz CT molecular complexity index is 474. The van der Waals surface area contributed by atoms with Gasteiger partial charge in [-0.25, -0.2) is 0 Å². The van der Waals surface area contributed by atoms with Gasteiger partial charge >= 0.3 is 0 Å². The highest BCUT2D eigenvalue weighted by atomic mass is 79.9. The van der Waals surface area contributed by atoms with Crippen LogP contribution in [0.15, 0.2) is 28.7 Å². The Labute approximate surface area is 136 Å². The summed E-state index contributed by atoms with van der Waals surface area (Å²) >= 11 is 3.45. The van der Waals surface area contributed by atoms with Gasteiger partial charge in [-0.2, -0.15) is 0 Å². The predicted molar refractivity (Wildman–Crippen MR) is 89.3 cm³/mol. The van der Waals surface area contributed by atoms with Gasteiger partial charge in [0.05, 0.1) is 11.7 Å². The summed E-state index contributed by atoms with van der Waals surface area (Å²) in [5, 5.41) is 14.3. The Balaban J connectivity index is 1.92. The number of benzene rings is 1. The molecule has 4 heteroatoms. The van der Waals surface area contributed by atoms with E-state index in [1.54, 1.807) is 0 Å². The maximum absolute atomic E-state index is 10.8. The lowest BCUT2D eigenvalue weighted by atomic mass is 9.56. The molecular formula is C17H26BrNO2. The van der Waals surface area contributed by atoms with Gasteiger partial charge in [0.1, 0.15) is 0 Å². The van der Waals surface area contributed by atoms with Crippen molar-refractivity contribution in [2.75, 3.05) is 13.2 Å². The first-order valence-corrected chi connectivity index (χ1v) is 8.42. The molecule has 0 bridgehead atoms. The van der Waals surface area contributed by atoms with E-state index in [0.717, 1.165) is 4.47 Å². The number of nitrogens with one attached hydrogen (secondary N) is 1. The van der Waals surface area contributed by atoms with E-state index in [1.807, 2.05) is 19.1 Å². The van der Waals surface area contributed by atoms with E-state index in [2.05, 4.69) is 54.2 Å². The molecule has 1 aromatic carbocycles. The Morgan fingerprint density at radius 1 is 1.38 bits per heavy atom. The molecule has 2 rings (SSSR count). The van der Waals surface area contributed by atoms with Crippen molar-refractivity contribution < 1.29 is 9.84 Å². The Morgan fingerprint density at radius 2 is 2.00 bits per heavy atom. The molecule has 1 aromatic rings. The molecule has 1 saturated carbocycles. The van der Waals surface area contributed by atoms with Crippen molar-refractivity contribution in [2.24, 2.45) is 5.41 Å². The number of halogens is 1. The number of rotatable bonds is 6. The molecule has 2 N–H and O–H groups in total. The first-order valence-electron chi connectivity index (χ1n) is 7.63. The van der Waals surface area contributed by atoms with Crippen molar-refractivity contribution in [1.29, 1.82) is 0 Å². The molecule has 0 radical (unpaired) electrons. The van der Waals surface area contributed by atoms with Crippen LogP contribution in [0.4, 0.5) is 0 Å². The molecule has 0 aliphatic heterocycles. The topological polar surface area (TPSA) is 41.5 Å². The number of hydrogen-bond donors (Lipinski definition) is 2. The van der Waals surface area contributed by atoms with Crippen molar-refractivity contribution >= 4 is 15.9 Å². The molecule has 0 unspecified atom stereocenters. The van der Waals surface area contributed by atoms with Crippen molar-refractivity contribution in [2.45, 2.75) is 51.9 Å². The van der Waals surface area contributed by atoms with Gasteiger partial charge in [0.25, 0.3) is 0 Å². The van der Waals surface area contributed by atoms with E-state index in [0.29, 0.717) is 19.6 Å². The zero-order chi connectivity index (χ0) is 15.7. The fourth-order valence-electron chi connectivity index (χ4n) is 2.95. The average Bonchev–Trinajstić information content (AvgIpc) is 2.45. The van der Waals surface area contributed by atoms with Crippen molar-refractivity contribution in [1.82, 2.24) is 5.32 Å². The van der Waals surface area contributed by atoms with Crippen LogP contribution in [-0.4, -0.2) is 30.0 Å². The molecular weight excluding hydrogens is 330 g/mol. The molecule has 1 fully saturated rings. The maximum atomic E-state index is 10.8. The summed E-state index contributed by atoms with van der Waals surface area (Å²) < 4.78 is 6.78. The molecule has 1 aliphatic carbocycles. The van der Waals surface area contributed by atoms with Crippen LogP contribution in [0.3, 0.4) is 0 Å². The number of ether oxygens (including phenoxy) is 1. The molecule has 0 saturated heterocycles. The summed E-state index contributed by atoms with van der Waals surface area (Å²) in [6, 6.07) is 8.49. The zero-order valence-corrected chi connectivity index (χ0v) is 14.9. The van der Waals surface area contributed by atoms with Crippen molar-refractivity contribution in [3.05, 3.63) is 34.3 Å². The fourth-order valence-corrected chi connectivity index (χ4v) is 3.22. The molecule has 1 aliphatic rings. The zero-order valence-electron chi connectivity index (χ0n) is 13.3. The maximum Gasteiger partial charge on any atom is 0.0871 e. The van der Waals surface area contributed by atoms with Crippen LogP contribution in [-0.2, 0) is 4.74 Å². The van der Waals surface area contributed by atoms with Crippen LogP contribution in [0.25, 0.3) is 0 Å². The van der Waals surface area contributed by atoms with E-state index in [9.17, 15) is 5.11 Å².